The maximum Gasteiger partial charge on any atom is 0.255 e. The van der Waals surface area contributed by atoms with Crippen LogP contribution in [0.1, 0.15) is 24.2 Å². The number of nitrogens with zero attached hydrogens (tertiary/aromatic N) is 1. The van der Waals surface area contributed by atoms with Crippen LogP contribution in [0.15, 0.2) is 35.2 Å². The van der Waals surface area contributed by atoms with Crippen molar-refractivity contribution in [1.82, 2.24) is 9.62 Å². The van der Waals surface area contributed by atoms with E-state index in [9.17, 15) is 13.2 Å². The highest BCUT2D eigenvalue weighted by Gasteiger charge is 2.20. The van der Waals surface area contributed by atoms with Gasteiger partial charge in [0.1, 0.15) is 0 Å². The summed E-state index contributed by atoms with van der Waals surface area (Å²) in [5, 5.41) is 0.218. The van der Waals surface area contributed by atoms with Crippen molar-refractivity contribution in [3.63, 3.8) is 0 Å². The molecule has 0 aliphatic heterocycles. The fourth-order valence-electron chi connectivity index (χ4n) is 1.78. The van der Waals surface area contributed by atoms with Crippen LogP contribution in [0, 0.1) is 0 Å². The fourth-order valence-corrected chi connectivity index (χ4v) is 2.73. The van der Waals surface area contributed by atoms with Crippen molar-refractivity contribution in [2.45, 2.75) is 18.7 Å². The first-order valence-electron chi connectivity index (χ1n) is 6.39. The molecular formula is C14H19ClN2O3S. The maximum absolute atomic E-state index is 12.5. The van der Waals surface area contributed by atoms with Crippen molar-refractivity contribution in [2.75, 3.05) is 20.1 Å². The third-order valence-corrected chi connectivity index (χ3v) is 4.62. The SMILES string of the molecule is C=C(C)CN(CC)C(=O)c1cc(S(=O)(=O)NC)ccc1Cl. The molecule has 21 heavy (non-hydrogen) atoms. The van der Waals surface area contributed by atoms with E-state index in [1.165, 1.54) is 25.2 Å². The number of hydrogen-bond acceptors (Lipinski definition) is 3. The van der Waals surface area contributed by atoms with Gasteiger partial charge in [0.05, 0.1) is 15.5 Å². The summed E-state index contributed by atoms with van der Waals surface area (Å²) in [4.78, 5) is 14.0. The Hall–Kier alpha value is -1.37. The van der Waals surface area contributed by atoms with Crippen LogP contribution in [-0.4, -0.2) is 39.4 Å². The summed E-state index contributed by atoms with van der Waals surface area (Å²) < 4.78 is 25.8. The van der Waals surface area contributed by atoms with Gasteiger partial charge in [-0.1, -0.05) is 23.8 Å². The summed E-state index contributed by atoms with van der Waals surface area (Å²) in [5.41, 5.74) is 0.997. The van der Waals surface area contributed by atoms with Gasteiger partial charge in [-0.2, -0.15) is 0 Å². The topological polar surface area (TPSA) is 66.5 Å². The third-order valence-electron chi connectivity index (χ3n) is 2.88. The Balaban J connectivity index is 3.26. The van der Waals surface area contributed by atoms with Crippen molar-refractivity contribution in [3.8, 4) is 0 Å². The number of benzene rings is 1. The van der Waals surface area contributed by atoms with Crippen molar-refractivity contribution in [2.24, 2.45) is 0 Å². The Morgan fingerprint density at radius 2 is 2.05 bits per heavy atom. The average Bonchev–Trinajstić information content (AvgIpc) is 2.44. The molecule has 1 aromatic carbocycles. The largest absolute Gasteiger partial charge is 0.335 e. The lowest BCUT2D eigenvalue weighted by atomic mass is 10.2. The average molecular weight is 331 g/mol. The predicted octanol–water partition coefficient (Wildman–Crippen LogP) is 2.29. The second-order valence-electron chi connectivity index (χ2n) is 4.63. The van der Waals surface area contributed by atoms with Crippen LogP contribution in [0.4, 0.5) is 0 Å². The Labute approximate surface area is 130 Å². The Morgan fingerprint density at radius 3 is 2.52 bits per heavy atom. The Morgan fingerprint density at radius 1 is 1.43 bits per heavy atom. The van der Waals surface area contributed by atoms with E-state index in [1.54, 1.807) is 4.90 Å². The smallest absolute Gasteiger partial charge is 0.255 e. The zero-order valence-electron chi connectivity index (χ0n) is 12.3. The number of sulfonamides is 1. The fraction of sp³-hybridized carbons (Fsp3) is 0.357. The Bertz CT molecular complexity index is 656. The van der Waals surface area contributed by atoms with Gasteiger partial charge in [-0.15, -0.1) is 0 Å². The molecule has 0 saturated carbocycles. The first kappa shape index (κ1) is 17.7. The molecule has 0 radical (unpaired) electrons. The van der Waals surface area contributed by atoms with E-state index in [4.69, 9.17) is 11.6 Å². The molecule has 1 amide bonds. The molecule has 5 nitrogen and oxygen atoms in total. The summed E-state index contributed by atoms with van der Waals surface area (Å²) in [7, 11) is -2.31. The lowest BCUT2D eigenvalue weighted by molar-refractivity contribution is 0.0778. The molecule has 1 N–H and O–H groups in total. The zero-order valence-corrected chi connectivity index (χ0v) is 13.9. The number of amides is 1. The van der Waals surface area contributed by atoms with Crippen LogP contribution in [0.25, 0.3) is 0 Å². The molecule has 0 fully saturated rings. The minimum atomic E-state index is -3.62. The van der Waals surface area contributed by atoms with E-state index in [1.807, 2.05) is 13.8 Å². The third kappa shape index (κ3) is 4.30. The highest BCUT2D eigenvalue weighted by Crippen LogP contribution is 2.22. The number of carbonyl (C=O) groups excluding carboxylic acids is 1. The molecule has 1 rings (SSSR count). The van der Waals surface area contributed by atoms with Gasteiger partial charge in [-0.25, -0.2) is 13.1 Å². The lowest BCUT2D eigenvalue weighted by Gasteiger charge is -2.21. The van der Waals surface area contributed by atoms with E-state index in [0.717, 1.165) is 5.57 Å². The van der Waals surface area contributed by atoms with Gasteiger partial charge in [0.15, 0.2) is 0 Å². The quantitative estimate of drug-likeness (QED) is 0.814. The normalized spacial score (nSPS) is 11.2. The van der Waals surface area contributed by atoms with E-state index in [0.29, 0.717) is 13.1 Å². The van der Waals surface area contributed by atoms with E-state index >= 15 is 0 Å². The maximum atomic E-state index is 12.5. The van der Waals surface area contributed by atoms with Gasteiger partial charge < -0.3 is 4.90 Å². The molecule has 0 atom stereocenters. The number of carbonyl (C=O) groups is 1. The van der Waals surface area contributed by atoms with Gasteiger partial charge in [0, 0.05) is 13.1 Å². The molecule has 0 spiro atoms. The van der Waals surface area contributed by atoms with E-state index in [-0.39, 0.29) is 21.4 Å². The van der Waals surface area contributed by atoms with Gasteiger partial charge in [-0.05, 0) is 39.1 Å². The number of likely N-dealkylation sites (N-methyl/N-ethyl adjacent to an activating group) is 1. The standard InChI is InChI=1S/C14H19ClN2O3S/c1-5-17(9-10(2)3)14(18)12-8-11(6-7-13(12)15)21(19,20)16-4/h6-8,16H,2,5,9H2,1,3-4H3. The molecule has 0 unspecified atom stereocenters. The van der Waals surface area contributed by atoms with Gasteiger partial charge in [-0.3, -0.25) is 4.79 Å². The molecule has 0 aromatic heterocycles. The van der Waals surface area contributed by atoms with Crippen molar-refractivity contribution < 1.29 is 13.2 Å². The van der Waals surface area contributed by atoms with E-state index in [2.05, 4.69) is 11.3 Å². The summed E-state index contributed by atoms with van der Waals surface area (Å²) in [6.45, 7) is 8.31. The van der Waals surface area contributed by atoms with E-state index < -0.39 is 10.0 Å². The molecule has 7 heteroatoms. The summed E-state index contributed by atoms with van der Waals surface area (Å²) >= 11 is 6.04. The van der Waals surface area contributed by atoms with Crippen LogP contribution in [0.2, 0.25) is 5.02 Å². The van der Waals surface area contributed by atoms with Gasteiger partial charge in [0.25, 0.3) is 5.91 Å². The molecule has 0 heterocycles. The first-order chi connectivity index (χ1) is 9.72. The van der Waals surface area contributed by atoms with Crippen LogP contribution < -0.4 is 4.72 Å². The molecule has 0 bridgehead atoms. The minimum Gasteiger partial charge on any atom is -0.335 e. The first-order valence-corrected chi connectivity index (χ1v) is 8.25. The zero-order chi connectivity index (χ0) is 16.2. The van der Waals surface area contributed by atoms with Crippen LogP contribution >= 0.6 is 11.6 Å². The molecule has 0 aliphatic rings. The second-order valence-corrected chi connectivity index (χ2v) is 6.92. The molecule has 116 valence electrons. The van der Waals surface area contributed by atoms with Gasteiger partial charge in [0.2, 0.25) is 10.0 Å². The number of hydrogen-bond donors (Lipinski definition) is 1. The molecule has 0 saturated heterocycles. The van der Waals surface area contributed by atoms with Gasteiger partial charge >= 0.3 is 0 Å². The minimum absolute atomic E-state index is 0.00382. The highest BCUT2D eigenvalue weighted by molar-refractivity contribution is 7.89. The monoisotopic (exact) mass is 330 g/mol. The number of rotatable bonds is 6. The molecule has 0 aliphatic carbocycles. The second kappa shape index (κ2) is 7.06. The number of nitrogens with one attached hydrogen (secondary N) is 1. The van der Waals surface area contributed by atoms with Crippen LogP contribution in [0.5, 0.6) is 0 Å². The Kier molecular flexibility index (Phi) is 5.95. The summed E-state index contributed by atoms with van der Waals surface area (Å²) in [5.74, 6) is -0.321. The lowest BCUT2D eigenvalue weighted by Crippen LogP contribution is -2.32. The number of halogens is 1. The van der Waals surface area contributed by atoms with Crippen molar-refractivity contribution in [3.05, 3.63) is 40.9 Å². The van der Waals surface area contributed by atoms with Crippen molar-refractivity contribution in [1.29, 1.82) is 0 Å². The van der Waals surface area contributed by atoms with Crippen LogP contribution in [-0.2, 0) is 10.0 Å². The van der Waals surface area contributed by atoms with Crippen LogP contribution in [0.3, 0.4) is 0 Å². The molecule has 1 aromatic rings. The summed E-state index contributed by atoms with van der Waals surface area (Å²) in [6.07, 6.45) is 0. The highest BCUT2D eigenvalue weighted by atomic mass is 35.5. The predicted molar refractivity (Wildman–Crippen MR) is 84.1 cm³/mol. The van der Waals surface area contributed by atoms with Crippen molar-refractivity contribution >= 4 is 27.5 Å². The summed E-state index contributed by atoms with van der Waals surface area (Å²) in [6, 6.07) is 4.06. The molecular weight excluding hydrogens is 312 g/mol.